The Bertz CT molecular complexity index is 515. The molecule has 0 aliphatic carbocycles. The number of nitrogens with zero attached hydrogens (tertiary/aromatic N) is 4. The third kappa shape index (κ3) is 5.63. The van der Waals surface area contributed by atoms with Gasteiger partial charge in [-0.1, -0.05) is 0 Å². The van der Waals surface area contributed by atoms with Gasteiger partial charge in [-0.25, -0.2) is 14.6 Å². The fourth-order valence-corrected chi connectivity index (χ4v) is 1.28. The van der Waals surface area contributed by atoms with Crippen LogP contribution in [-0.2, 0) is 9.47 Å². The molecule has 0 fully saturated rings. The van der Waals surface area contributed by atoms with Gasteiger partial charge in [0, 0.05) is 0 Å². The summed E-state index contributed by atoms with van der Waals surface area (Å²) in [5.74, 6) is -0.200. The topological polar surface area (TPSA) is 94.5 Å². The molecule has 22 heavy (non-hydrogen) atoms. The van der Waals surface area contributed by atoms with Crippen LogP contribution in [0.1, 0.15) is 47.2 Å². The molecular formula is C14H22N4O4. The first-order valence-corrected chi connectivity index (χ1v) is 6.81. The summed E-state index contributed by atoms with van der Waals surface area (Å²) in [5, 5.41) is 7.53. The zero-order valence-corrected chi connectivity index (χ0v) is 14.0. The number of aromatic nitrogens is 3. The lowest BCUT2D eigenvalue weighted by Crippen LogP contribution is -2.44. The Kier molecular flexibility index (Phi) is 5.05. The Labute approximate surface area is 129 Å². The molecule has 0 saturated carbocycles. The summed E-state index contributed by atoms with van der Waals surface area (Å²) in [6, 6.07) is 0. The van der Waals surface area contributed by atoms with Gasteiger partial charge in [0.25, 0.3) is 5.95 Å². The second kappa shape index (κ2) is 6.25. The molecule has 0 aromatic carbocycles. The molecule has 1 aromatic rings. The monoisotopic (exact) mass is 310 g/mol. The summed E-state index contributed by atoms with van der Waals surface area (Å²) in [6.45, 7) is 11.8. The molecule has 0 bridgehead atoms. The summed E-state index contributed by atoms with van der Waals surface area (Å²) >= 11 is 0. The van der Waals surface area contributed by atoms with E-state index in [1.54, 1.807) is 48.5 Å². The Morgan fingerprint density at radius 2 is 1.41 bits per heavy atom. The van der Waals surface area contributed by atoms with Gasteiger partial charge in [-0.3, -0.25) is 0 Å². The van der Waals surface area contributed by atoms with Crippen molar-refractivity contribution in [1.29, 1.82) is 0 Å². The molecule has 122 valence electrons. The Hall–Kier alpha value is -2.25. The van der Waals surface area contributed by atoms with Crippen LogP contribution in [0.2, 0.25) is 0 Å². The van der Waals surface area contributed by atoms with Gasteiger partial charge in [-0.05, 0) is 48.5 Å². The minimum absolute atomic E-state index is 0.200. The van der Waals surface area contributed by atoms with Crippen molar-refractivity contribution in [2.24, 2.45) is 0 Å². The van der Waals surface area contributed by atoms with E-state index in [4.69, 9.17) is 9.47 Å². The van der Waals surface area contributed by atoms with Crippen LogP contribution in [0, 0.1) is 6.92 Å². The Balaban J connectivity index is 3.12. The van der Waals surface area contributed by atoms with Crippen LogP contribution < -0.4 is 4.90 Å². The van der Waals surface area contributed by atoms with Crippen LogP contribution >= 0.6 is 0 Å². The average molecular weight is 310 g/mol. The van der Waals surface area contributed by atoms with Crippen molar-refractivity contribution in [3.8, 4) is 0 Å². The molecular weight excluding hydrogens is 288 g/mol. The van der Waals surface area contributed by atoms with E-state index < -0.39 is 23.4 Å². The maximum atomic E-state index is 12.3. The van der Waals surface area contributed by atoms with E-state index in [1.165, 1.54) is 6.20 Å². The first-order chi connectivity index (χ1) is 9.89. The van der Waals surface area contributed by atoms with Crippen LogP contribution in [0.5, 0.6) is 0 Å². The van der Waals surface area contributed by atoms with Crippen molar-refractivity contribution in [3.05, 3.63) is 11.9 Å². The van der Waals surface area contributed by atoms with E-state index in [2.05, 4.69) is 15.2 Å². The van der Waals surface area contributed by atoms with Crippen LogP contribution in [0.3, 0.4) is 0 Å². The van der Waals surface area contributed by atoms with Gasteiger partial charge in [0.15, 0.2) is 0 Å². The lowest BCUT2D eigenvalue weighted by Gasteiger charge is -2.27. The number of carbonyl (C=O) groups is 2. The van der Waals surface area contributed by atoms with Gasteiger partial charge in [0.05, 0.1) is 11.9 Å². The number of ether oxygens (including phenoxy) is 2. The molecule has 0 radical (unpaired) electrons. The van der Waals surface area contributed by atoms with E-state index in [-0.39, 0.29) is 5.95 Å². The number of hydrogen-bond donors (Lipinski definition) is 0. The maximum absolute atomic E-state index is 12.3. The summed E-state index contributed by atoms with van der Waals surface area (Å²) < 4.78 is 10.4. The molecule has 8 heteroatoms. The van der Waals surface area contributed by atoms with Crippen molar-refractivity contribution in [1.82, 2.24) is 15.2 Å². The van der Waals surface area contributed by atoms with Crippen molar-refractivity contribution in [2.75, 3.05) is 4.90 Å². The molecule has 0 spiro atoms. The van der Waals surface area contributed by atoms with E-state index >= 15 is 0 Å². The predicted molar refractivity (Wildman–Crippen MR) is 79.5 cm³/mol. The molecule has 0 N–H and O–H groups in total. The normalized spacial score (nSPS) is 11.8. The molecule has 0 unspecified atom stereocenters. The van der Waals surface area contributed by atoms with Crippen LogP contribution in [0.15, 0.2) is 6.20 Å². The fourth-order valence-electron chi connectivity index (χ4n) is 1.28. The maximum Gasteiger partial charge on any atom is 0.427 e. The first-order valence-electron chi connectivity index (χ1n) is 6.81. The second-order valence-electron chi connectivity index (χ2n) is 6.70. The van der Waals surface area contributed by atoms with Gasteiger partial charge in [0.1, 0.15) is 11.2 Å². The highest BCUT2D eigenvalue weighted by atomic mass is 16.6. The van der Waals surface area contributed by atoms with Gasteiger partial charge in [0.2, 0.25) is 0 Å². The van der Waals surface area contributed by atoms with E-state index in [0.29, 0.717) is 10.6 Å². The lowest BCUT2D eigenvalue weighted by molar-refractivity contribution is 0.0426. The molecule has 0 aliphatic rings. The average Bonchev–Trinajstić information content (AvgIpc) is 2.27. The van der Waals surface area contributed by atoms with Crippen LogP contribution in [0.25, 0.3) is 0 Å². The lowest BCUT2D eigenvalue weighted by atomic mass is 10.2. The Morgan fingerprint density at radius 3 is 1.73 bits per heavy atom. The van der Waals surface area contributed by atoms with Crippen molar-refractivity contribution < 1.29 is 19.1 Å². The van der Waals surface area contributed by atoms with Gasteiger partial charge in [-0.15, -0.1) is 10.00 Å². The van der Waals surface area contributed by atoms with Gasteiger partial charge >= 0.3 is 12.2 Å². The van der Waals surface area contributed by atoms with Gasteiger partial charge < -0.3 is 9.47 Å². The number of amides is 2. The predicted octanol–water partition coefficient (Wildman–Crippen LogP) is 2.86. The number of aryl methyl sites for hydroxylation is 1. The highest BCUT2D eigenvalue weighted by Gasteiger charge is 2.34. The number of imide groups is 1. The summed E-state index contributed by atoms with van der Waals surface area (Å²) in [7, 11) is 0. The largest absolute Gasteiger partial charge is 0.443 e. The molecule has 1 aromatic heterocycles. The first kappa shape index (κ1) is 17.8. The molecule has 1 heterocycles. The van der Waals surface area contributed by atoms with Crippen molar-refractivity contribution >= 4 is 18.1 Å². The number of rotatable bonds is 1. The molecule has 8 nitrogen and oxygen atoms in total. The zero-order valence-electron chi connectivity index (χ0n) is 14.0. The van der Waals surface area contributed by atoms with Crippen molar-refractivity contribution in [3.63, 3.8) is 0 Å². The smallest absolute Gasteiger partial charge is 0.427 e. The third-order valence-electron chi connectivity index (χ3n) is 2.02. The standard InChI is InChI=1S/C14H22N4O4/c1-9-8-15-10(17-16-9)18(11(19)21-13(2,3)4)12(20)22-14(5,6)7/h8H,1-7H3. The van der Waals surface area contributed by atoms with Crippen LogP contribution in [-0.4, -0.2) is 38.6 Å². The van der Waals surface area contributed by atoms with Crippen molar-refractivity contribution in [2.45, 2.75) is 59.7 Å². The highest BCUT2D eigenvalue weighted by Crippen LogP contribution is 2.18. The Morgan fingerprint density at radius 1 is 0.955 bits per heavy atom. The highest BCUT2D eigenvalue weighted by molar-refractivity contribution is 6.07. The minimum atomic E-state index is -0.924. The summed E-state index contributed by atoms with van der Waals surface area (Å²) in [6.07, 6.45) is -0.454. The zero-order chi connectivity index (χ0) is 17.1. The van der Waals surface area contributed by atoms with E-state index in [0.717, 1.165) is 0 Å². The molecule has 1 rings (SSSR count). The molecule has 0 aliphatic heterocycles. The quantitative estimate of drug-likeness (QED) is 0.787. The third-order valence-corrected chi connectivity index (χ3v) is 2.02. The second-order valence-corrected chi connectivity index (χ2v) is 6.70. The molecule has 2 amide bonds. The minimum Gasteiger partial charge on any atom is -0.443 e. The number of carbonyl (C=O) groups excluding carboxylic acids is 2. The van der Waals surface area contributed by atoms with Crippen LogP contribution in [0.4, 0.5) is 15.5 Å². The summed E-state index contributed by atoms with van der Waals surface area (Å²) in [5.41, 5.74) is -1.01. The number of hydrogen-bond acceptors (Lipinski definition) is 7. The van der Waals surface area contributed by atoms with E-state index in [9.17, 15) is 9.59 Å². The van der Waals surface area contributed by atoms with Gasteiger partial charge in [-0.2, -0.15) is 5.10 Å². The molecule has 0 saturated heterocycles. The fraction of sp³-hybridized carbons (Fsp3) is 0.643. The SMILES string of the molecule is Cc1cnc(N(C(=O)OC(C)(C)C)C(=O)OC(C)(C)C)nn1. The molecule has 0 atom stereocenters. The summed E-state index contributed by atoms with van der Waals surface area (Å²) in [4.78, 5) is 29.1. The number of anilines is 1. The van der Waals surface area contributed by atoms with E-state index in [1.807, 2.05) is 0 Å².